The van der Waals surface area contributed by atoms with E-state index in [9.17, 15) is 0 Å². The SMILES string of the molecule is Cc1ccnc(C(=S)Nc2ccc(Cl)cc2Cl)c1. The van der Waals surface area contributed by atoms with Gasteiger partial charge in [0.1, 0.15) is 4.99 Å². The molecule has 0 unspecified atom stereocenters. The zero-order valence-corrected chi connectivity index (χ0v) is 11.9. The van der Waals surface area contributed by atoms with Crippen LogP contribution in [-0.2, 0) is 0 Å². The van der Waals surface area contributed by atoms with Crippen LogP contribution in [0.25, 0.3) is 0 Å². The Bertz CT molecular complexity index is 599. The van der Waals surface area contributed by atoms with Crippen LogP contribution in [0.3, 0.4) is 0 Å². The molecule has 2 aromatic rings. The Morgan fingerprint density at radius 2 is 2.00 bits per heavy atom. The van der Waals surface area contributed by atoms with Crippen molar-refractivity contribution >= 4 is 46.1 Å². The third kappa shape index (κ3) is 3.19. The Kier molecular flexibility index (Phi) is 4.17. The predicted molar refractivity (Wildman–Crippen MR) is 80.8 cm³/mol. The second-order valence-corrected chi connectivity index (χ2v) is 5.05. The third-order valence-electron chi connectivity index (χ3n) is 2.33. The number of aromatic nitrogens is 1. The Balaban J connectivity index is 2.21. The molecule has 92 valence electrons. The fourth-order valence-electron chi connectivity index (χ4n) is 1.44. The Morgan fingerprint density at radius 3 is 2.67 bits per heavy atom. The highest BCUT2D eigenvalue weighted by Gasteiger charge is 2.06. The Labute approximate surface area is 121 Å². The van der Waals surface area contributed by atoms with E-state index in [1.54, 1.807) is 24.4 Å². The maximum absolute atomic E-state index is 6.07. The molecule has 18 heavy (non-hydrogen) atoms. The van der Waals surface area contributed by atoms with Gasteiger partial charge < -0.3 is 5.32 Å². The molecule has 0 saturated heterocycles. The van der Waals surface area contributed by atoms with Crippen LogP contribution >= 0.6 is 35.4 Å². The molecule has 0 radical (unpaired) electrons. The summed E-state index contributed by atoms with van der Waals surface area (Å²) < 4.78 is 0. The van der Waals surface area contributed by atoms with Gasteiger partial charge in [-0.3, -0.25) is 4.98 Å². The minimum absolute atomic E-state index is 0.525. The minimum atomic E-state index is 0.525. The third-order valence-corrected chi connectivity index (χ3v) is 3.19. The number of nitrogens with one attached hydrogen (secondary N) is 1. The van der Waals surface area contributed by atoms with Gasteiger partial charge in [0.15, 0.2) is 0 Å². The summed E-state index contributed by atoms with van der Waals surface area (Å²) in [4.78, 5) is 4.74. The van der Waals surface area contributed by atoms with Gasteiger partial charge in [0.05, 0.1) is 16.4 Å². The van der Waals surface area contributed by atoms with Crippen LogP contribution < -0.4 is 5.32 Å². The van der Waals surface area contributed by atoms with Gasteiger partial charge in [-0.25, -0.2) is 0 Å². The first-order chi connectivity index (χ1) is 8.56. The van der Waals surface area contributed by atoms with Crippen molar-refractivity contribution in [3.63, 3.8) is 0 Å². The van der Waals surface area contributed by atoms with Crippen molar-refractivity contribution in [2.24, 2.45) is 0 Å². The number of rotatable bonds is 2. The second kappa shape index (κ2) is 5.65. The number of thiocarbonyl (C=S) groups is 1. The highest BCUT2D eigenvalue weighted by Crippen LogP contribution is 2.25. The number of aryl methyl sites for hydroxylation is 1. The largest absolute Gasteiger partial charge is 0.344 e. The van der Waals surface area contributed by atoms with E-state index in [2.05, 4.69) is 10.3 Å². The van der Waals surface area contributed by atoms with E-state index >= 15 is 0 Å². The van der Waals surface area contributed by atoms with Crippen molar-refractivity contribution < 1.29 is 0 Å². The average molecular weight is 297 g/mol. The van der Waals surface area contributed by atoms with Crippen molar-refractivity contribution in [1.82, 2.24) is 4.98 Å². The van der Waals surface area contributed by atoms with E-state index in [4.69, 9.17) is 35.4 Å². The van der Waals surface area contributed by atoms with Gasteiger partial charge in [-0.1, -0.05) is 35.4 Å². The molecular weight excluding hydrogens is 287 g/mol. The number of halogens is 2. The maximum atomic E-state index is 6.07. The quantitative estimate of drug-likeness (QED) is 0.827. The summed E-state index contributed by atoms with van der Waals surface area (Å²) >= 11 is 17.2. The molecule has 2 rings (SSSR count). The summed E-state index contributed by atoms with van der Waals surface area (Å²) in [6.07, 6.45) is 1.72. The van der Waals surface area contributed by atoms with Crippen molar-refractivity contribution in [2.45, 2.75) is 6.92 Å². The summed E-state index contributed by atoms with van der Waals surface area (Å²) in [5.74, 6) is 0. The van der Waals surface area contributed by atoms with Crippen LogP contribution in [0.15, 0.2) is 36.5 Å². The second-order valence-electron chi connectivity index (χ2n) is 3.80. The molecule has 1 N–H and O–H groups in total. The molecule has 0 atom stereocenters. The van der Waals surface area contributed by atoms with Crippen LogP contribution in [0.4, 0.5) is 5.69 Å². The molecule has 5 heteroatoms. The molecule has 0 aliphatic rings. The van der Waals surface area contributed by atoms with Crippen LogP contribution in [0, 0.1) is 6.92 Å². The number of hydrogen-bond acceptors (Lipinski definition) is 2. The normalized spacial score (nSPS) is 10.2. The smallest absolute Gasteiger partial charge is 0.129 e. The number of anilines is 1. The van der Waals surface area contributed by atoms with Crippen molar-refractivity contribution in [2.75, 3.05) is 5.32 Å². The molecule has 2 nitrogen and oxygen atoms in total. The average Bonchev–Trinajstić information content (AvgIpc) is 2.32. The highest BCUT2D eigenvalue weighted by molar-refractivity contribution is 7.81. The first-order valence-corrected chi connectivity index (χ1v) is 6.42. The monoisotopic (exact) mass is 296 g/mol. The molecular formula is C13H10Cl2N2S. The van der Waals surface area contributed by atoms with Gasteiger partial charge >= 0.3 is 0 Å². The Morgan fingerprint density at radius 1 is 1.22 bits per heavy atom. The molecule has 1 aromatic carbocycles. The summed E-state index contributed by atoms with van der Waals surface area (Å²) in [6.45, 7) is 1.99. The van der Waals surface area contributed by atoms with Crippen LogP contribution in [0.5, 0.6) is 0 Å². The highest BCUT2D eigenvalue weighted by atomic mass is 35.5. The summed E-state index contributed by atoms with van der Waals surface area (Å²) in [7, 11) is 0. The van der Waals surface area contributed by atoms with Gasteiger partial charge in [0, 0.05) is 11.2 Å². The number of nitrogens with zero attached hydrogens (tertiary/aromatic N) is 1. The van der Waals surface area contributed by atoms with E-state index in [0.717, 1.165) is 16.9 Å². The first-order valence-electron chi connectivity index (χ1n) is 5.25. The minimum Gasteiger partial charge on any atom is -0.344 e. The van der Waals surface area contributed by atoms with Gasteiger partial charge in [-0.2, -0.15) is 0 Å². The van der Waals surface area contributed by atoms with Crippen molar-refractivity contribution in [3.05, 3.63) is 57.8 Å². The lowest BCUT2D eigenvalue weighted by atomic mass is 10.2. The van der Waals surface area contributed by atoms with Gasteiger partial charge in [0.25, 0.3) is 0 Å². The molecule has 0 fully saturated rings. The van der Waals surface area contributed by atoms with Crippen molar-refractivity contribution in [3.8, 4) is 0 Å². The van der Waals surface area contributed by atoms with E-state index in [1.165, 1.54) is 0 Å². The number of hydrogen-bond donors (Lipinski definition) is 1. The van der Waals surface area contributed by atoms with Gasteiger partial charge in [0.2, 0.25) is 0 Å². The summed E-state index contributed by atoms with van der Waals surface area (Å²) in [5.41, 5.74) is 2.54. The lowest BCUT2D eigenvalue weighted by molar-refractivity contribution is 1.26. The number of benzene rings is 1. The molecule has 0 aliphatic carbocycles. The van der Waals surface area contributed by atoms with Gasteiger partial charge in [-0.15, -0.1) is 0 Å². The summed E-state index contributed by atoms with van der Waals surface area (Å²) in [5, 5.41) is 4.17. The molecule has 0 bridgehead atoms. The standard InChI is InChI=1S/C13H10Cl2N2S/c1-8-4-5-16-12(6-8)13(18)17-11-3-2-9(14)7-10(11)15/h2-7H,1H3,(H,17,18). The van der Waals surface area contributed by atoms with Crippen LogP contribution in [0.2, 0.25) is 10.0 Å². The zero-order valence-electron chi connectivity index (χ0n) is 9.58. The van der Waals surface area contributed by atoms with E-state index in [0.29, 0.717) is 15.0 Å². The topological polar surface area (TPSA) is 24.9 Å². The van der Waals surface area contributed by atoms with Crippen molar-refractivity contribution in [1.29, 1.82) is 0 Å². The molecule has 0 spiro atoms. The Hall–Kier alpha value is -1.16. The fraction of sp³-hybridized carbons (Fsp3) is 0.0769. The molecule has 1 aromatic heterocycles. The van der Waals surface area contributed by atoms with Gasteiger partial charge in [-0.05, 0) is 42.8 Å². The fourth-order valence-corrected chi connectivity index (χ4v) is 2.11. The number of pyridine rings is 1. The lowest BCUT2D eigenvalue weighted by Gasteiger charge is -2.09. The predicted octanol–water partition coefficient (Wildman–Crippen LogP) is 4.48. The van der Waals surface area contributed by atoms with E-state index in [-0.39, 0.29) is 0 Å². The summed E-state index contributed by atoms with van der Waals surface area (Å²) in [6, 6.07) is 9.03. The van der Waals surface area contributed by atoms with Crippen LogP contribution in [-0.4, -0.2) is 9.97 Å². The van der Waals surface area contributed by atoms with E-state index in [1.807, 2.05) is 19.1 Å². The first kappa shape index (κ1) is 13.3. The molecule has 0 saturated carbocycles. The maximum Gasteiger partial charge on any atom is 0.129 e. The van der Waals surface area contributed by atoms with Crippen LogP contribution in [0.1, 0.15) is 11.3 Å². The molecule has 1 heterocycles. The molecule has 0 amide bonds. The zero-order chi connectivity index (χ0) is 13.1. The lowest BCUT2D eigenvalue weighted by Crippen LogP contribution is -2.12. The van der Waals surface area contributed by atoms with E-state index < -0.39 is 0 Å². The molecule has 0 aliphatic heterocycles.